The third-order valence-corrected chi connectivity index (χ3v) is 20.5. The van der Waals surface area contributed by atoms with Crippen molar-refractivity contribution in [1.82, 2.24) is 28.7 Å². The maximum absolute atomic E-state index is 14.8. The normalized spacial score (nSPS) is 25.4. The second-order valence-electron chi connectivity index (χ2n) is 27.0. The third kappa shape index (κ3) is 12.4. The molecule has 3 saturated heterocycles. The zero-order chi connectivity index (χ0) is 63.9. The van der Waals surface area contributed by atoms with Crippen LogP contribution in [0.4, 0.5) is 0 Å². The van der Waals surface area contributed by atoms with Crippen LogP contribution >= 0.6 is 0 Å². The fourth-order valence-corrected chi connectivity index (χ4v) is 15.5. The summed E-state index contributed by atoms with van der Waals surface area (Å²) in [4.78, 5) is 111. The third-order valence-electron chi connectivity index (χ3n) is 20.5. The lowest BCUT2D eigenvalue weighted by atomic mass is 9.76. The van der Waals surface area contributed by atoms with Crippen LogP contribution in [0.3, 0.4) is 0 Å². The number of rotatable bonds is 24. The average molecular weight is 1230 g/mol. The van der Waals surface area contributed by atoms with Crippen LogP contribution < -0.4 is 0 Å². The predicted octanol–water partition coefficient (Wildman–Crippen LogP) is 9.52. The number of esters is 1. The molecule has 0 radical (unpaired) electrons. The van der Waals surface area contributed by atoms with Gasteiger partial charge in [0, 0.05) is 142 Å². The smallest absolute Gasteiger partial charge is 0.306 e. The fourth-order valence-electron chi connectivity index (χ4n) is 15.5. The summed E-state index contributed by atoms with van der Waals surface area (Å²) < 4.78 is 16.5. The predicted molar refractivity (Wildman–Crippen MR) is 345 cm³/mol. The molecule has 9 atom stereocenters. The molecule has 3 aromatic carbocycles. The van der Waals surface area contributed by atoms with Gasteiger partial charge in [-0.2, -0.15) is 0 Å². The standard InChI is InChI=1S/C42H50N4O6.C31H40N2O5/c1-5-30(47)14-10-18-44-25-29-22-34-32(31-15-9-16-33(44)38(29)31)21-28(24-43(34)4)36(48)23-41(26(2)3)40(50)46-35(20-27-12-7-6-8-13-27)39(49)45-19-11-17-37(45)42(46,51)52-41;1-5-24(35)8-7-13-33-18-23-16-28-26(25-9-6-10-27(33)31(23)25)15-22(17-32(28)4)29(36)14-20(2)19-38-30(37)12-11-21(3)34/h6-9,12-13,15-16,21,25-26,28,34-35,37,51H,5,10-11,14,17-20,22-24H2,1-4H3;6,9-10,15,18,20,22,28H,5,7-8,11-14,16-17,19H2,1-4H3/t28-,34-,35+,37+,41-,42+;20?,22-,28-/m11/s1. The minimum absolute atomic E-state index is 0.0384. The van der Waals surface area contributed by atoms with Crippen molar-refractivity contribution in [3.8, 4) is 0 Å². The fraction of sp³-hybridized carbons (Fsp3) is 0.534. The highest BCUT2D eigenvalue weighted by atomic mass is 16.7. The van der Waals surface area contributed by atoms with Gasteiger partial charge in [-0.05, 0) is 122 Å². The first kappa shape index (κ1) is 64.4. The van der Waals surface area contributed by atoms with Gasteiger partial charge in [-0.15, -0.1) is 0 Å². The number of aryl methyl sites for hydroxylation is 2. The summed E-state index contributed by atoms with van der Waals surface area (Å²) >= 11 is 0. The van der Waals surface area contributed by atoms with Gasteiger partial charge in [0.2, 0.25) is 5.91 Å². The molecule has 2 aromatic heterocycles. The lowest BCUT2D eigenvalue weighted by molar-refractivity contribution is -0.318. The number of ether oxygens (including phenoxy) is 2. The maximum Gasteiger partial charge on any atom is 0.306 e. The van der Waals surface area contributed by atoms with Gasteiger partial charge in [0.05, 0.1) is 13.0 Å². The van der Waals surface area contributed by atoms with Gasteiger partial charge in [-0.25, -0.2) is 0 Å². The molecule has 7 aliphatic rings. The van der Waals surface area contributed by atoms with Crippen molar-refractivity contribution in [2.45, 2.75) is 187 Å². The highest BCUT2D eigenvalue weighted by Gasteiger charge is 2.71. The van der Waals surface area contributed by atoms with E-state index in [1.807, 2.05) is 65.0 Å². The lowest BCUT2D eigenvalue weighted by Crippen LogP contribution is -2.71. The highest BCUT2D eigenvalue weighted by molar-refractivity contribution is 6.03. The number of hydrogen-bond acceptors (Lipinski definition) is 13. The van der Waals surface area contributed by atoms with Gasteiger partial charge in [0.1, 0.15) is 41.0 Å². The number of amides is 2. The molecule has 17 heteroatoms. The van der Waals surface area contributed by atoms with Crippen LogP contribution in [0.1, 0.15) is 146 Å². The van der Waals surface area contributed by atoms with Gasteiger partial charge in [0.15, 0.2) is 5.60 Å². The molecule has 17 nitrogen and oxygen atoms in total. The van der Waals surface area contributed by atoms with Crippen LogP contribution in [0.15, 0.2) is 91.3 Å². The van der Waals surface area contributed by atoms with Crippen molar-refractivity contribution in [2.24, 2.45) is 23.7 Å². The van der Waals surface area contributed by atoms with Gasteiger partial charge in [0.25, 0.3) is 11.8 Å². The topological polar surface area (TPSA) is 198 Å². The molecule has 2 amide bonds. The summed E-state index contributed by atoms with van der Waals surface area (Å²) in [6, 6.07) is 21.0. The number of benzene rings is 3. The van der Waals surface area contributed by atoms with Crippen molar-refractivity contribution in [3.63, 3.8) is 0 Å². The Kier molecular flexibility index (Phi) is 19.0. The molecule has 90 heavy (non-hydrogen) atoms. The Morgan fingerprint density at radius 2 is 1.27 bits per heavy atom. The number of piperazine rings is 1. The van der Waals surface area contributed by atoms with Crippen molar-refractivity contribution in [2.75, 3.05) is 40.3 Å². The Labute approximate surface area is 528 Å². The second-order valence-corrected chi connectivity index (χ2v) is 27.0. The lowest BCUT2D eigenvalue weighted by Gasteiger charge is -2.49. The van der Waals surface area contributed by atoms with E-state index in [-0.39, 0.29) is 85.2 Å². The number of likely N-dealkylation sites (N-methyl/N-ethyl adjacent to an activating group) is 2. The molecule has 1 unspecified atom stereocenters. The van der Waals surface area contributed by atoms with Gasteiger partial charge in [-0.1, -0.05) is 101 Å². The average Bonchev–Trinajstić information content (AvgIpc) is 1.53. The first-order valence-electron chi connectivity index (χ1n) is 33.0. The molecule has 1 N–H and O–H groups in total. The molecule has 0 spiro atoms. The van der Waals surface area contributed by atoms with Crippen molar-refractivity contribution in [3.05, 3.63) is 119 Å². The first-order chi connectivity index (χ1) is 43.1. The number of carbonyl (C=O) groups is 8. The SMILES string of the molecule is CCC(=O)CCCn1cc2c3c(cccc31)C1=C[C@@H](C(=O)CC(C)COC(=O)CCC(C)=O)CN(C)[C@@H]1C2.CCC(=O)CCCn1cc2c3c(cccc31)C1=C[C@@H](C(=O)C[C@]3(C(C)C)O[C@@]4(O)[C@@H]5CCCN5C(=O)[C@H](Cc5ccccc5)N4C3=O)CN(C)[C@@H]1C2. The molecule has 12 rings (SSSR count). The van der Waals surface area contributed by atoms with Crippen LogP contribution in [0.2, 0.25) is 0 Å². The first-order valence-corrected chi connectivity index (χ1v) is 33.0. The number of aromatic nitrogens is 2. The number of carbonyl (C=O) groups excluding carboxylic acids is 8. The minimum atomic E-state index is -2.02. The summed E-state index contributed by atoms with van der Waals surface area (Å²) in [6.45, 7) is 14.4. The van der Waals surface area contributed by atoms with Crippen LogP contribution in [0.5, 0.6) is 0 Å². The summed E-state index contributed by atoms with van der Waals surface area (Å²) in [5, 5.41) is 14.9. The Balaban J connectivity index is 0.000000195. The molecule has 3 fully saturated rings. The second kappa shape index (κ2) is 26.6. The molecule has 478 valence electrons. The van der Waals surface area contributed by atoms with E-state index in [9.17, 15) is 43.5 Å². The molecule has 7 heterocycles. The van der Waals surface area contributed by atoms with Gasteiger partial charge < -0.3 is 33.4 Å². The van der Waals surface area contributed by atoms with Crippen molar-refractivity contribution >= 4 is 79.7 Å². The number of hydrogen-bond donors (Lipinski definition) is 1. The number of ketones is 5. The molecule has 0 saturated carbocycles. The summed E-state index contributed by atoms with van der Waals surface area (Å²) in [7, 11) is 4.15. The molecular weight excluding hydrogens is 1140 g/mol. The van der Waals surface area contributed by atoms with E-state index < -0.39 is 47.3 Å². The Morgan fingerprint density at radius 1 is 0.711 bits per heavy atom. The number of aliphatic hydroxyl groups is 1. The zero-order valence-corrected chi connectivity index (χ0v) is 53.8. The summed E-state index contributed by atoms with van der Waals surface area (Å²) in [5.74, 6) is -3.71. The molecular formula is C73H90N6O11. The van der Waals surface area contributed by atoms with E-state index in [1.165, 1.54) is 50.4 Å². The number of Topliss-reactive ketones (excluding diaryl/α,β-unsaturated/α-hetero) is 5. The van der Waals surface area contributed by atoms with Gasteiger partial charge >= 0.3 is 5.97 Å². The van der Waals surface area contributed by atoms with Crippen LogP contribution in [-0.4, -0.2) is 157 Å². The van der Waals surface area contributed by atoms with Gasteiger partial charge in [-0.3, -0.25) is 48.3 Å². The minimum Gasteiger partial charge on any atom is -0.465 e. The Hall–Kier alpha value is -7.18. The van der Waals surface area contributed by atoms with Crippen molar-refractivity contribution < 1.29 is 52.9 Å². The monoisotopic (exact) mass is 1230 g/mol. The van der Waals surface area contributed by atoms with E-state index >= 15 is 0 Å². The van der Waals surface area contributed by atoms with E-state index in [1.54, 1.807) is 4.90 Å². The molecule has 5 aliphatic heterocycles. The maximum atomic E-state index is 14.8. The largest absolute Gasteiger partial charge is 0.465 e. The van der Waals surface area contributed by atoms with Crippen molar-refractivity contribution in [1.29, 1.82) is 0 Å². The van der Waals surface area contributed by atoms with Crippen LogP contribution in [-0.2, 0) is 80.2 Å². The number of nitrogens with zero attached hydrogens (tertiary/aromatic N) is 6. The Morgan fingerprint density at radius 3 is 1.80 bits per heavy atom. The van der Waals surface area contributed by atoms with E-state index in [2.05, 4.69) is 94.0 Å². The van der Waals surface area contributed by atoms with E-state index in [0.29, 0.717) is 70.4 Å². The van der Waals surface area contributed by atoms with Crippen LogP contribution in [0.25, 0.3) is 33.0 Å². The van der Waals surface area contributed by atoms with E-state index in [4.69, 9.17) is 9.47 Å². The molecule has 2 aliphatic carbocycles. The van der Waals surface area contributed by atoms with Crippen LogP contribution in [0, 0.1) is 23.7 Å². The Bertz CT molecular complexity index is 3690. The summed E-state index contributed by atoms with van der Waals surface area (Å²) in [5.41, 5.74) is 8.86. The quantitative estimate of drug-likeness (QED) is 0.0574. The van der Waals surface area contributed by atoms with E-state index in [0.717, 1.165) is 61.0 Å². The number of fused-ring (bicyclic) bond motifs is 7. The zero-order valence-electron chi connectivity index (χ0n) is 53.8. The summed E-state index contributed by atoms with van der Waals surface area (Å²) in [6.07, 6.45) is 16.4. The molecule has 5 aromatic rings. The highest BCUT2D eigenvalue weighted by Crippen LogP contribution is 2.51. The molecule has 0 bridgehead atoms.